The number of aromatic nitrogens is 1. The van der Waals surface area contributed by atoms with Crippen molar-refractivity contribution in [3.8, 4) is 0 Å². The highest BCUT2D eigenvalue weighted by Crippen LogP contribution is 2.17. The number of piperazine rings is 1. The summed E-state index contributed by atoms with van der Waals surface area (Å²) in [6.45, 7) is 10.0. The fourth-order valence-electron chi connectivity index (χ4n) is 2.71. The van der Waals surface area contributed by atoms with Crippen LogP contribution in [-0.2, 0) is 0 Å². The van der Waals surface area contributed by atoms with E-state index in [4.69, 9.17) is 5.73 Å². The van der Waals surface area contributed by atoms with Crippen molar-refractivity contribution < 1.29 is 0 Å². The van der Waals surface area contributed by atoms with Crippen LogP contribution in [0.4, 0.5) is 11.5 Å². The third kappa shape index (κ3) is 3.84. The number of pyridine rings is 1. The van der Waals surface area contributed by atoms with Crippen molar-refractivity contribution in [3.63, 3.8) is 0 Å². The van der Waals surface area contributed by atoms with Gasteiger partial charge in [-0.25, -0.2) is 4.98 Å². The Labute approximate surface area is 122 Å². The first-order valence-electron chi connectivity index (χ1n) is 7.45. The van der Waals surface area contributed by atoms with Gasteiger partial charge in [0.2, 0.25) is 0 Å². The van der Waals surface area contributed by atoms with E-state index >= 15 is 0 Å². The van der Waals surface area contributed by atoms with Gasteiger partial charge >= 0.3 is 0 Å². The van der Waals surface area contributed by atoms with Crippen LogP contribution in [0.5, 0.6) is 0 Å². The minimum absolute atomic E-state index is 0.519. The number of hydrogen-bond acceptors (Lipinski definition) is 5. The Hall–Kier alpha value is -1.33. The largest absolute Gasteiger partial charge is 0.396 e. The van der Waals surface area contributed by atoms with Gasteiger partial charge in [0, 0.05) is 45.0 Å². The molecule has 1 fully saturated rings. The van der Waals surface area contributed by atoms with Gasteiger partial charge in [-0.05, 0) is 25.1 Å². The molecule has 0 aromatic carbocycles. The monoisotopic (exact) mass is 277 g/mol. The Morgan fingerprint density at radius 3 is 2.60 bits per heavy atom. The number of rotatable bonds is 5. The van der Waals surface area contributed by atoms with Crippen molar-refractivity contribution >= 4 is 11.5 Å². The van der Waals surface area contributed by atoms with E-state index in [1.54, 1.807) is 6.20 Å². The van der Waals surface area contributed by atoms with Gasteiger partial charge in [-0.15, -0.1) is 0 Å². The highest BCUT2D eigenvalue weighted by molar-refractivity contribution is 5.60. The van der Waals surface area contributed by atoms with Crippen LogP contribution in [0.3, 0.4) is 0 Å². The van der Waals surface area contributed by atoms with E-state index in [9.17, 15) is 0 Å². The third-order valence-electron chi connectivity index (χ3n) is 4.09. The lowest BCUT2D eigenvalue weighted by Gasteiger charge is -2.40. The van der Waals surface area contributed by atoms with E-state index in [0.717, 1.165) is 38.5 Å². The minimum atomic E-state index is 0.519. The van der Waals surface area contributed by atoms with Crippen molar-refractivity contribution in [2.45, 2.75) is 19.9 Å². The van der Waals surface area contributed by atoms with E-state index in [1.807, 2.05) is 12.1 Å². The van der Waals surface area contributed by atoms with Gasteiger partial charge in [0.15, 0.2) is 0 Å². The van der Waals surface area contributed by atoms with Gasteiger partial charge in [0.05, 0.1) is 5.69 Å². The molecule has 5 nitrogen and oxygen atoms in total. The van der Waals surface area contributed by atoms with Crippen LogP contribution in [0, 0.1) is 5.92 Å². The maximum atomic E-state index is 5.93. The topological polar surface area (TPSA) is 57.4 Å². The lowest BCUT2D eigenvalue weighted by atomic mass is 10.0. The SMILES string of the molecule is CC(C)C(CNc1ncccc1N)N1CCN(C)CC1. The zero-order chi connectivity index (χ0) is 14.5. The molecule has 0 saturated carbocycles. The molecule has 0 aliphatic carbocycles. The Balaban J connectivity index is 1.94. The molecule has 112 valence electrons. The smallest absolute Gasteiger partial charge is 0.149 e. The molecule has 0 amide bonds. The van der Waals surface area contributed by atoms with Crippen LogP contribution in [0.1, 0.15) is 13.8 Å². The molecule has 1 aromatic heterocycles. The Morgan fingerprint density at radius 2 is 2.00 bits per heavy atom. The average molecular weight is 277 g/mol. The molecule has 0 spiro atoms. The molecule has 1 aromatic rings. The van der Waals surface area contributed by atoms with Crippen LogP contribution in [-0.4, -0.2) is 60.6 Å². The first-order valence-corrected chi connectivity index (χ1v) is 7.45. The second-order valence-electron chi connectivity index (χ2n) is 5.97. The van der Waals surface area contributed by atoms with Gasteiger partial charge in [-0.2, -0.15) is 0 Å². The maximum absolute atomic E-state index is 5.93. The summed E-state index contributed by atoms with van der Waals surface area (Å²) in [5, 5.41) is 3.41. The molecule has 5 heteroatoms. The summed E-state index contributed by atoms with van der Waals surface area (Å²) in [7, 11) is 2.19. The van der Waals surface area contributed by atoms with Crippen molar-refractivity contribution in [2.75, 3.05) is 50.8 Å². The summed E-state index contributed by atoms with van der Waals surface area (Å²) in [6.07, 6.45) is 1.78. The Morgan fingerprint density at radius 1 is 1.30 bits per heavy atom. The molecule has 1 aliphatic heterocycles. The predicted octanol–water partition coefficient (Wildman–Crippen LogP) is 1.35. The van der Waals surface area contributed by atoms with Crippen LogP contribution in [0.2, 0.25) is 0 Å². The lowest BCUT2D eigenvalue weighted by molar-refractivity contribution is 0.0944. The first kappa shape index (κ1) is 15.1. The summed E-state index contributed by atoms with van der Waals surface area (Å²) in [5.41, 5.74) is 6.65. The quantitative estimate of drug-likeness (QED) is 0.851. The zero-order valence-corrected chi connectivity index (χ0v) is 12.8. The van der Waals surface area contributed by atoms with E-state index in [2.05, 4.69) is 41.0 Å². The summed E-state index contributed by atoms with van der Waals surface area (Å²) in [6, 6.07) is 4.27. The molecular formula is C15H27N5. The van der Waals surface area contributed by atoms with Gasteiger partial charge in [-0.3, -0.25) is 4.90 Å². The second-order valence-corrected chi connectivity index (χ2v) is 5.97. The number of nitrogen functional groups attached to an aromatic ring is 1. The van der Waals surface area contributed by atoms with Crippen LogP contribution < -0.4 is 11.1 Å². The summed E-state index contributed by atoms with van der Waals surface area (Å²) in [5.74, 6) is 1.41. The zero-order valence-electron chi connectivity index (χ0n) is 12.8. The van der Waals surface area contributed by atoms with E-state index in [0.29, 0.717) is 17.6 Å². The van der Waals surface area contributed by atoms with Gasteiger partial charge in [0.1, 0.15) is 5.82 Å². The standard InChI is InChI=1S/C15H27N5/c1-12(2)14(20-9-7-19(3)8-10-20)11-18-15-13(16)5-4-6-17-15/h4-6,12,14H,7-11,16H2,1-3H3,(H,17,18). The highest BCUT2D eigenvalue weighted by atomic mass is 15.3. The van der Waals surface area contributed by atoms with Gasteiger partial charge in [-0.1, -0.05) is 13.8 Å². The molecule has 2 heterocycles. The number of nitrogens with zero attached hydrogens (tertiary/aromatic N) is 3. The number of hydrogen-bond donors (Lipinski definition) is 2. The molecule has 1 atom stereocenters. The van der Waals surface area contributed by atoms with Crippen molar-refractivity contribution in [3.05, 3.63) is 18.3 Å². The molecular weight excluding hydrogens is 250 g/mol. The van der Waals surface area contributed by atoms with Crippen LogP contribution in [0.15, 0.2) is 18.3 Å². The molecule has 2 rings (SSSR count). The summed E-state index contributed by atoms with van der Waals surface area (Å²) in [4.78, 5) is 9.27. The molecule has 20 heavy (non-hydrogen) atoms. The number of likely N-dealkylation sites (N-methyl/N-ethyl adjacent to an activating group) is 1. The third-order valence-corrected chi connectivity index (χ3v) is 4.09. The molecule has 1 saturated heterocycles. The summed E-state index contributed by atoms with van der Waals surface area (Å²) >= 11 is 0. The Bertz CT molecular complexity index is 412. The molecule has 1 unspecified atom stereocenters. The average Bonchev–Trinajstić information content (AvgIpc) is 2.42. The number of anilines is 2. The first-order chi connectivity index (χ1) is 9.58. The molecule has 0 bridgehead atoms. The van der Waals surface area contributed by atoms with Crippen molar-refractivity contribution in [1.82, 2.24) is 14.8 Å². The van der Waals surface area contributed by atoms with Crippen LogP contribution >= 0.6 is 0 Å². The molecule has 1 aliphatic rings. The van der Waals surface area contributed by atoms with Gasteiger partial charge < -0.3 is 16.0 Å². The summed E-state index contributed by atoms with van der Waals surface area (Å²) < 4.78 is 0. The van der Waals surface area contributed by atoms with Gasteiger partial charge in [0.25, 0.3) is 0 Å². The van der Waals surface area contributed by atoms with Crippen LogP contribution in [0.25, 0.3) is 0 Å². The van der Waals surface area contributed by atoms with Crippen molar-refractivity contribution in [1.29, 1.82) is 0 Å². The fraction of sp³-hybridized carbons (Fsp3) is 0.667. The molecule has 3 N–H and O–H groups in total. The minimum Gasteiger partial charge on any atom is -0.396 e. The predicted molar refractivity (Wildman–Crippen MR) is 84.8 cm³/mol. The molecule has 0 radical (unpaired) electrons. The highest BCUT2D eigenvalue weighted by Gasteiger charge is 2.24. The van der Waals surface area contributed by atoms with E-state index in [-0.39, 0.29) is 0 Å². The van der Waals surface area contributed by atoms with E-state index < -0.39 is 0 Å². The fourth-order valence-corrected chi connectivity index (χ4v) is 2.71. The lowest BCUT2D eigenvalue weighted by Crippen LogP contribution is -2.52. The second kappa shape index (κ2) is 6.90. The normalized spacial score (nSPS) is 19.2. The van der Waals surface area contributed by atoms with Crippen molar-refractivity contribution in [2.24, 2.45) is 5.92 Å². The Kier molecular flexibility index (Phi) is 5.20. The van der Waals surface area contributed by atoms with E-state index in [1.165, 1.54) is 0 Å². The maximum Gasteiger partial charge on any atom is 0.149 e. The number of nitrogens with one attached hydrogen (secondary N) is 1. The number of nitrogens with two attached hydrogens (primary N) is 1.